The van der Waals surface area contributed by atoms with Gasteiger partial charge in [-0.05, 0) is 80.0 Å². The van der Waals surface area contributed by atoms with Crippen molar-refractivity contribution in [2.24, 2.45) is 29.1 Å². The number of halogens is 1. The van der Waals surface area contributed by atoms with Gasteiger partial charge in [0.2, 0.25) is 5.91 Å². The molecular weight excluding hydrogens is 483 g/mol. The quantitative estimate of drug-likeness (QED) is 0.527. The molecule has 1 amide bonds. The van der Waals surface area contributed by atoms with Crippen LogP contribution in [0.4, 0.5) is 4.39 Å². The van der Waals surface area contributed by atoms with Crippen LogP contribution in [-0.2, 0) is 22.8 Å². The lowest BCUT2D eigenvalue weighted by atomic mass is 9.73. The summed E-state index contributed by atoms with van der Waals surface area (Å²) in [6, 6.07) is 5.74. The van der Waals surface area contributed by atoms with Gasteiger partial charge in [-0.15, -0.1) is 0 Å². The number of aliphatic carboxylic acids is 1. The molecule has 0 bridgehead atoms. The Morgan fingerprint density at radius 3 is 2.79 bits per heavy atom. The summed E-state index contributed by atoms with van der Waals surface area (Å²) >= 11 is 0. The van der Waals surface area contributed by atoms with Crippen molar-refractivity contribution < 1.29 is 23.8 Å². The lowest BCUT2D eigenvalue weighted by molar-refractivity contribution is -0.150. The summed E-state index contributed by atoms with van der Waals surface area (Å²) in [6.07, 6.45) is 10.4. The molecule has 0 spiro atoms. The number of amides is 1. The number of alkyl halides is 1. The van der Waals surface area contributed by atoms with Crippen molar-refractivity contribution in [3.8, 4) is 5.75 Å². The van der Waals surface area contributed by atoms with E-state index in [9.17, 15) is 19.1 Å². The van der Waals surface area contributed by atoms with Gasteiger partial charge in [0.05, 0.1) is 17.5 Å². The second-order valence-electron chi connectivity index (χ2n) is 12.2. The van der Waals surface area contributed by atoms with Gasteiger partial charge in [0.1, 0.15) is 12.4 Å². The van der Waals surface area contributed by atoms with Gasteiger partial charge in [-0.3, -0.25) is 4.79 Å². The number of nitrogens with zero attached hydrogens (tertiary/aromatic N) is 2. The lowest BCUT2D eigenvalue weighted by Gasteiger charge is -2.44. The number of rotatable bonds is 6. The van der Waals surface area contributed by atoms with Crippen LogP contribution in [0.2, 0.25) is 0 Å². The Hall–Kier alpha value is -2.67. The Morgan fingerprint density at radius 1 is 1.26 bits per heavy atom. The first-order chi connectivity index (χ1) is 18.2. The fourth-order valence-electron chi connectivity index (χ4n) is 7.46. The van der Waals surface area contributed by atoms with Crippen LogP contribution >= 0.6 is 0 Å². The average Bonchev–Trinajstić information content (AvgIpc) is 3.39. The molecule has 1 saturated heterocycles. The standard InChI is InChI=1S/C31H41FN2O4/c1-20(2)31(30(37)34-18-25-13-22(16-32)7-8-28(25)38-19-34)11-9-26(15-31)33-12-10-27(21(3)17-33)23-5-4-6-24(14-23)29(35)36/h4,6-8,13-14,20-21,23,26-27H,5,9-12,15-19H2,1-3H3,(H,35,36)/t21-,23?,26+,27-,31-/m0/s1. The van der Waals surface area contributed by atoms with E-state index in [1.165, 1.54) is 0 Å². The third kappa shape index (κ3) is 5.02. The molecule has 1 unspecified atom stereocenters. The highest BCUT2D eigenvalue weighted by molar-refractivity contribution is 5.90. The first kappa shape index (κ1) is 26.9. The predicted molar refractivity (Wildman–Crippen MR) is 144 cm³/mol. The van der Waals surface area contributed by atoms with Gasteiger partial charge in [0.25, 0.3) is 0 Å². The summed E-state index contributed by atoms with van der Waals surface area (Å²) in [6.45, 7) is 8.78. The Kier molecular flexibility index (Phi) is 7.67. The fourth-order valence-corrected chi connectivity index (χ4v) is 7.46. The van der Waals surface area contributed by atoms with Gasteiger partial charge in [0, 0.05) is 18.2 Å². The van der Waals surface area contributed by atoms with Crippen molar-refractivity contribution in [2.45, 2.75) is 72.1 Å². The highest BCUT2D eigenvalue weighted by atomic mass is 19.1. The van der Waals surface area contributed by atoms with Gasteiger partial charge in [-0.25, -0.2) is 9.18 Å². The van der Waals surface area contributed by atoms with Crippen molar-refractivity contribution in [3.63, 3.8) is 0 Å². The first-order valence-corrected chi connectivity index (χ1v) is 14.2. The third-order valence-electron chi connectivity index (χ3n) is 9.77. The molecule has 7 heteroatoms. The second kappa shape index (κ2) is 10.8. The zero-order chi connectivity index (χ0) is 27.0. The third-order valence-corrected chi connectivity index (χ3v) is 9.77. The van der Waals surface area contributed by atoms with Crippen LogP contribution in [0.25, 0.3) is 0 Å². The van der Waals surface area contributed by atoms with Crippen molar-refractivity contribution in [1.29, 1.82) is 0 Å². The van der Waals surface area contributed by atoms with Crippen LogP contribution in [0.3, 0.4) is 0 Å². The van der Waals surface area contributed by atoms with Crippen molar-refractivity contribution in [2.75, 3.05) is 19.8 Å². The van der Waals surface area contributed by atoms with E-state index in [1.807, 2.05) is 29.2 Å². The summed E-state index contributed by atoms with van der Waals surface area (Å²) in [4.78, 5) is 30.0. The number of carbonyl (C=O) groups excluding carboxylic acids is 1. The molecule has 5 atom stereocenters. The summed E-state index contributed by atoms with van der Waals surface area (Å²) < 4.78 is 19.2. The molecule has 5 rings (SSSR count). The van der Waals surface area contributed by atoms with Gasteiger partial charge < -0.3 is 19.6 Å². The Labute approximate surface area is 225 Å². The summed E-state index contributed by atoms with van der Waals surface area (Å²) in [5.41, 5.74) is 1.48. The van der Waals surface area contributed by atoms with E-state index in [2.05, 4.69) is 25.7 Å². The molecule has 1 N–H and O–H groups in total. The smallest absolute Gasteiger partial charge is 0.335 e. The zero-order valence-corrected chi connectivity index (χ0v) is 22.9. The molecule has 1 saturated carbocycles. The molecule has 0 aromatic heterocycles. The van der Waals surface area contributed by atoms with E-state index >= 15 is 0 Å². The van der Waals surface area contributed by atoms with Crippen molar-refractivity contribution in [3.05, 3.63) is 53.1 Å². The van der Waals surface area contributed by atoms with Crippen LogP contribution in [-0.4, -0.2) is 52.6 Å². The zero-order valence-electron chi connectivity index (χ0n) is 22.9. The van der Waals surface area contributed by atoms with Crippen LogP contribution in [0.1, 0.15) is 64.0 Å². The SMILES string of the molecule is CC(C)[C@]1(C(=O)N2COc3ccc(CF)cc3C2)CC[C@@H](N2CC[C@H](C3C=C(C(=O)O)C=CC3)[C@@H](C)C2)C1. The monoisotopic (exact) mass is 524 g/mol. The highest BCUT2D eigenvalue weighted by Gasteiger charge is 2.51. The van der Waals surface area contributed by atoms with Crippen LogP contribution in [0.15, 0.2) is 42.0 Å². The Balaban J connectivity index is 1.25. The number of ether oxygens (including phenoxy) is 1. The molecule has 1 aromatic rings. The lowest BCUT2D eigenvalue weighted by Crippen LogP contribution is -2.50. The van der Waals surface area contributed by atoms with Gasteiger partial charge in [-0.1, -0.05) is 45.1 Å². The Morgan fingerprint density at radius 2 is 2.08 bits per heavy atom. The van der Waals surface area contributed by atoms with Crippen LogP contribution in [0, 0.1) is 29.1 Å². The van der Waals surface area contributed by atoms with E-state index in [1.54, 1.807) is 12.1 Å². The van der Waals surface area contributed by atoms with E-state index in [0.717, 1.165) is 56.5 Å². The number of carboxylic acid groups (broad SMARTS) is 1. The number of fused-ring (bicyclic) bond motifs is 1. The normalized spacial score (nSPS) is 31.6. The topological polar surface area (TPSA) is 70.1 Å². The number of carbonyl (C=O) groups is 2. The van der Waals surface area contributed by atoms with Gasteiger partial charge in [0.15, 0.2) is 6.73 Å². The van der Waals surface area contributed by atoms with E-state index < -0.39 is 18.1 Å². The second-order valence-corrected chi connectivity index (χ2v) is 12.2. The molecule has 2 aliphatic heterocycles. The van der Waals surface area contributed by atoms with Crippen molar-refractivity contribution >= 4 is 11.9 Å². The average molecular weight is 525 g/mol. The van der Waals surface area contributed by atoms with E-state index in [0.29, 0.717) is 35.6 Å². The highest BCUT2D eigenvalue weighted by Crippen LogP contribution is 2.49. The number of hydrogen-bond acceptors (Lipinski definition) is 4. The fraction of sp³-hybridized carbons (Fsp3) is 0.613. The summed E-state index contributed by atoms with van der Waals surface area (Å²) in [7, 11) is 0. The summed E-state index contributed by atoms with van der Waals surface area (Å²) in [5.74, 6) is 1.49. The maximum Gasteiger partial charge on any atom is 0.335 e. The van der Waals surface area contributed by atoms with E-state index in [-0.39, 0.29) is 24.5 Å². The molecular formula is C31H41FN2O4. The van der Waals surface area contributed by atoms with E-state index in [4.69, 9.17) is 4.74 Å². The van der Waals surface area contributed by atoms with Gasteiger partial charge in [-0.2, -0.15) is 0 Å². The minimum Gasteiger partial charge on any atom is -0.478 e. The first-order valence-electron chi connectivity index (χ1n) is 14.2. The molecule has 6 nitrogen and oxygen atoms in total. The Bertz CT molecular complexity index is 1130. The minimum atomic E-state index is -0.845. The maximum atomic E-state index is 14.1. The van der Waals surface area contributed by atoms with Crippen LogP contribution in [0.5, 0.6) is 5.75 Å². The molecule has 206 valence electrons. The molecule has 0 radical (unpaired) electrons. The number of benzene rings is 1. The number of allylic oxidation sites excluding steroid dienone is 2. The number of carboxylic acids is 1. The van der Waals surface area contributed by atoms with Crippen LogP contribution < -0.4 is 4.74 Å². The number of piperidine rings is 1. The van der Waals surface area contributed by atoms with Crippen molar-refractivity contribution in [1.82, 2.24) is 9.80 Å². The molecule has 38 heavy (non-hydrogen) atoms. The van der Waals surface area contributed by atoms with Gasteiger partial charge >= 0.3 is 5.97 Å². The number of hydrogen-bond donors (Lipinski definition) is 1. The molecule has 2 heterocycles. The molecule has 2 aliphatic carbocycles. The molecule has 4 aliphatic rings. The summed E-state index contributed by atoms with van der Waals surface area (Å²) in [5, 5.41) is 9.43. The molecule has 2 fully saturated rings. The minimum absolute atomic E-state index is 0.162. The maximum absolute atomic E-state index is 14.1. The largest absolute Gasteiger partial charge is 0.478 e. The number of likely N-dealkylation sites (tertiary alicyclic amines) is 1. The molecule has 1 aromatic carbocycles. The predicted octanol–water partition coefficient (Wildman–Crippen LogP) is 5.57.